The highest BCUT2D eigenvalue weighted by atomic mass is 16.5. The third-order valence-corrected chi connectivity index (χ3v) is 6.03. The van der Waals surface area contributed by atoms with Crippen molar-refractivity contribution >= 4 is 35.4 Å². The van der Waals surface area contributed by atoms with Crippen LogP contribution in [-0.4, -0.2) is 88.0 Å². The Morgan fingerprint density at radius 1 is 0.946 bits per heavy atom. The summed E-state index contributed by atoms with van der Waals surface area (Å²) < 4.78 is 5.46. The average Bonchev–Trinajstić information content (AvgIpc) is 2.89. The molecule has 37 heavy (non-hydrogen) atoms. The van der Waals surface area contributed by atoms with Gasteiger partial charge in [0.15, 0.2) is 5.82 Å². The zero-order chi connectivity index (χ0) is 25.6. The van der Waals surface area contributed by atoms with Crippen molar-refractivity contribution in [2.45, 2.75) is 0 Å². The number of amides is 3. The SMILES string of the molecule is O=C(Nc1ccncc1)Nc1ccc(-c2nc(NCC3CN(C(=O)O)C3)nc(N3CCOCC3)n2)cc1. The minimum Gasteiger partial charge on any atom is -0.465 e. The van der Waals surface area contributed by atoms with Gasteiger partial charge in [-0.15, -0.1) is 0 Å². The Kier molecular flexibility index (Phi) is 7.21. The van der Waals surface area contributed by atoms with Gasteiger partial charge in [0.1, 0.15) is 0 Å². The normalized spacial score (nSPS) is 15.6. The van der Waals surface area contributed by atoms with Crippen molar-refractivity contribution in [2.75, 3.05) is 66.8 Å². The maximum Gasteiger partial charge on any atom is 0.407 e. The van der Waals surface area contributed by atoms with Gasteiger partial charge >= 0.3 is 12.1 Å². The van der Waals surface area contributed by atoms with E-state index in [1.54, 1.807) is 36.7 Å². The van der Waals surface area contributed by atoms with E-state index >= 15 is 0 Å². The van der Waals surface area contributed by atoms with E-state index in [0.717, 1.165) is 5.56 Å². The molecule has 0 radical (unpaired) electrons. The fraction of sp³-hybridized carbons (Fsp3) is 0.333. The lowest BCUT2D eigenvalue weighted by Crippen LogP contribution is -2.51. The molecule has 2 aliphatic rings. The van der Waals surface area contributed by atoms with E-state index < -0.39 is 6.09 Å². The second-order valence-corrected chi connectivity index (χ2v) is 8.71. The summed E-state index contributed by atoms with van der Waals surface area (Å²) in [6.45, 7) is 4.07. The smallest absolute Gasteiger partial charge is 0.407 e. The number of carboxylic acid groups (broad SMARTS) is 1. The summed E-state index contributed by atoms with van der Waals surface area (Å²) in [6, 6.07) is 10.3. The maximum absolute atomic E-state index is 12.3. The van der Waals surface area contributed by atoms with Crippen molar-refractivity contribution in [1.82, 2.24) is 24.8 Å². The molecule has 2 saturated heterocycles. The van der Waals surface area contributed by atoms with Crippen LogP contribution in [0.4, 0.5) is 32.9 Å². The molecule has 0 unspecified atom stereocenters. The third kappa shape index (κ3) is 6.19. The quantitative estimate of drug-likeness (QED) is 0.376. The Hall–Kier alpha value is -4.52. The van der Waals surface area contributed by atoms with Crippen LogP contribution in [0.3, 0.4) is 0 Å². The number of hydrogen-bond donors (Lipinski definition) is 4. The molecular formula is C24H27N9O4. The molecule has 5 rings (SSSR count). The lowest BCUT2D eigenvalue weighted by Gasteiger charge is -2.37. The average molecular weight is 506 g/mol. The minimum atomic E-state index is -0.902. The van der Waals surface area contributed by atoms with Gasteiger partial charge in [0.05, 0.1) is 13.2 Å². The molecule has 192 valence electrons. The molecule has 2 fully saturated rings. The van der Waals surface area contributed by atoms with Crippen molar-refractivity contribution in [1.29, 1.82) is 0 Å². The minimum absolute atomic E-state index is 0.201. The van der Waals surface area contributed by atoms with E-state index in [1.807, 2.05) is 12.1 Å². The molecule has 0 bridgehead atoms. The first-order valence-corrected chi connectivity index (χ1v) is 11.9. The first kappa shape index (κ1) is 24.2. The van der Waals surface area contributed by atoms with Gasteiger partial charge in [0, 0.05) is 68.0 Å². The lowest BCUT2D eigenvalue weighted by molar-refractivity contribution is 0.0863. The number of hydrogen-bond acceptors (Lipinski definition) is 9. The first-order valence-electron chi connectivity index (χ1n) is 11.9. The topological polar surface area (TPSA) is 158 Å². The zero-order valence-electron chi connectivity index (χ0n) is 20.0. The fourth-order valence-electron chi connectivity index (χ4n) is 4.00. The van der Waals surface area contributed by atoms with Gasteiger partial charge in [-0.1, -0.05) is 0 Å². The van der Waals surface area contributed by atoms with Gasteiger partial charge in [0.25, 0.3) is 0 Å². The Morgan fingerprint density at radius 3 is 2.30 bits per heavy atom. The summed E-state index contributed by atoms with van der Waals surface area (Å²) >= 11 is 0. The number of carbonyl (C=O) groups is 2. The predicted octanol–water partition coefficient (Wildman–Crippen LogP) is 2.44. The van der Waals surface area contributed by atoms with E-state index in [9.17, 15) is 9.59 Å². The number of carbonyl (C=O) groups excluding carboxylic acids is 1. The van der Waals surface area contributed by atoms with E-state index in [2.05, 4.69) is 40.8 Å². The van der Waals surface area contributed by atoms with Crippen LogP contribution in [0.2, 0.25) is 0 Å². The highest BCUT2D eigenvalue weighted by molar-refractivity contribution is 5.99. The number of morpholine rings is 1. The molecule has 2 aliphatic heterocycles. The largest absolute Gasteiger partial charge is 0.465 e. The molecule has 13 heteroatoms. The number of aromatic nitrogens is 4. The van der Waals surface area contributed by atoms with Gasteiger partial charge in [-0.05, 0) is 36.4 Å². The Bertz CT molecular complexity index is 1230. The van der Waals surface area contributed by atoms with Gasteiger partial charge in [-0.3, -0.25) is 4.98 Å². The van der Waals surface area contributed by atoms with Crippen LogP contribution in [0.25, 0.3) is 11.4 Å². The lowest BCUT2D eigenvalue weighted by atomic mass is 10.0. The molecule has 3 amide bonds. The molecule has 4 N–H and O–H groups in total. The van der Waals surface area contributed by atoms with Crippen LogP contribution >= 0.6 is 0 Å². The summed E-state index contributed by atoms with van der Waals surface area (Å²) in [7, 11) is 0. The first-order chi connectivity index (χ1) is 18.0. The molecule has 0 saturated carbocycles. The van der Waals surface area contributed by atoms with Crippen LogP contribution < -0.4 is 20.9 Å². The van der Waals surface area contributed by atoms with E-state index in [0.29, 0.717) is 75.0 Å². The van der Waals surface area contributed by atoms with Crippen LogP contribution in [0.1, 0.15) is 0 Å². The molecule has 1 aromatic carbocycles. The van der Waals surface area contributed by atoms with Crippen molar-refractivity contribution < 1.29 is 19.4 Å². The van der Waals surface area contributed by atoms with Gasteiger partial charge in [-0.2, -0.15) is 15.0 Å². The second-order valence-electron chi connectivity index (χ2n) is 8.71. The third-order valence-electron chi connectivity index (χ3n) is 6.03. The standard InChI is InChI=1S/C24H27N9O4/c34-23(28-19-5-7-25-8-6-19)27-18-3-1-17(2-4-18)20-29-21(26-13-16-14-33(15-16)24(35)36)31-22(30-20)32-9-11-37-12-10-32/h1-8,16H,9-15H2,(H,35,36)(H2,25,27,28,34)(H,26,29,30,31). The monoisotopic (exact) mass is 505 g/mol. The van der Waals surface area contributed by atoms with Crippen LogP contribution in [0.15, 0.2) is 48.8 Å². The molecule has 13 nitrogen and oxygen atoms in total. The van der Waals surface area contributed by atoms with Crippen LogP contribution in [0.5, 0.6) is 0 Å². The van der Waals surface area contributed by atoms with Gasteiger partial charge in [-0.25, -0.2) is 9.59 Å². The molecule has 2 aromatic heterocycles. The Morgan fingerprint density at radius 2 is 1.62 bits per heavy atom. The molecular weight excluding hydrogens is 478 g/mol. The summed E-state index contributed by atoms with van der Waals surface area (Å²) in [5.41, 5.74) is 2.02. The van der Waals surface area contributed by atoms with Crippen molar-refractivity contribution in [3.05, 3.63) is 48.8 Å². The molecule has 0 atom stereocenters. The summed E-state index contributed by atoms with van der Waals surface area (Å²) in [5.74, 6) is 1.68. The van der Waals surface area contributed by atoms with E-state index in [4.69, 9.17) is 9.84 Å². The predicted molar refractivity (Wildman–Crippen MR) is 137 cm³/mol. The molecule has 0 spiro atoms. The van der Waals surface area contributed by atoms with E-state index in [-0.39, 0.29) is 11.9 Å². The highest BCUT2D eigenvalue weighted by Gasteiger charge is 2.30. The summed E-state index contributed by atoms with van der Waals surface area (Å²) in [4.78, 5) is 44.5. The molecule has 0 aliphatic carbocycles. The van der Waals surface area contributed by atoms with Crippen LogP contribution in [0, 0.1) is 5.92 Å². The van der Waals surface area contributed by atoms with Crippen LogP contribution in [-0.2, 0) is 4.74 Å². The van der Waals surface area contributed by atoms with E-state index in [1.165, 1.54) is 4.90 Å². The van der Waals surface area contributed by atoms with Crippen molar-refractivity contribution in [3.63, 3.8) is 0 Å². The number of urea groups is 1. The fourth-order valence-corrected chi connectivity index (χ4v) is 4.00. The number of pyridine rings is 1. The highest BCUT2D eigenvalue weighted by Crippen LogP contribution is 2.23. The summed E-state index contributed by atoms with van der Waals surface area (Å²) in [6.07, 6.45) is 2.30. The molecule has 3 aromatic rings. The Labute approximate surface area is 212 Å². The van der Waals surface area contributed by atoms with Crippen molar-refractivity contribution in [3.8, 4) is 11.4 Å². The second kappa shape index (κ2) is 11.0. The number of likely N-dealkylation sites (tertiary alicyclic amines) is 1. The van der Waals surface area contributed by atoms with Crippen molar-refractivity contribution in [2.24, 2.45) is 5.92 Å². The maximum atomic E-state index is 12.3. The number of rotatable bonds is 7. The number of nitrogens with one attached hydrogen (secondary N) is 3. The van der Waals surface area contributed by atoms with Gasteiger partial charge < -0.3 is 35.6 Å². The zero-order valence-corrected chi connectivity index (χ0v) is 20.0. The number of benzene rings is 1. The van der Waals surface area contributed by atoms with Gasteiger partial charge in [0.2, 0.25) is 11.9 Å². The number of anilines is 4. The number of nitrogens with zero attached hydrogens (tertiary/aromatic N) is 6. The Balaban J connectivity index is 1.28. The number of ether oxygens (including phenoxy) is 1. The summed E-state index contributed by atoms with van der Waals surface area (Å²) in [5, 5.41) is 17.8. The molecule has 4 heterocycles.